The van der Waals surface area contributed by atoms with E-state index in [9.17, 15) is 0 Å². The number of aryl methyl sites for hydroxylation is 1. The van der Waals surface area contributed by atoms with Gasteiger partial charge < -0.3 is 15.4 Å². The van der Waals surface area contributed by atoms with E-state index in [4.69, 9.17) is 4.74 Å². The molecule has 0 saturated carbocycles. The Hall–Kier alpha value is -3.08. The van der Waals surface area contributed by atoms with Crippen molar-refractivity contribution in [2.75, 3.05) is 24.3 Å². The first-order valence-electron chi connectivity index (χ1n) is 8.69. The molecule has 0 amide bonds. The number of aromatic nitrogens is 2. The van der Waals surface area contributed by atoms with Crippen molar-refractivity contribution in [3.05, 3.63) is 71.4 Å². The van der Waals surface area contributed by atoms with Gasteiger partial charge in [-0.1, -0.05) is 24.3 Å². The molecular formula is C21H24N4O. The molecular weight excluding hydrogens is 324 g/mol. The van der Waals surface area contributed by atoms with E-state index in [-0.39, 0.29) is 0 Å². The van der Waals surface area contributed by atoms with E-state index in [1.807, 2.05) is 30.3 Å². The maximum atomic E-state index is 5.18. The van der Waals surface area contributed by atoms with Gasteiger partial charge in [0.1, 0.15) is 11.6 Å². The van der Waals surface area contributed by atoms with E-state index in [2.05, 4.69) is 52.6 Å². The SMILES string of the molecule is COc1ccc(CCNc2ccnc(Nc3cccc(C)c3C)n2)cc1. The van der Waals surface area contributed by atoms with Crippen LogP contribution >= 0.6 is 0 Å². The average Bonchev–Trinajstić information content (AvgIpc) is 2.66. The Morgan fingerprint density at radius 3 is 2.58 bits per heavy atom. The highest BCUT2D eigenvalue weighted by Crippen LogP contribution is 2.21. The largest absolute Gasteiger partial charge is 0.497 e. The molecule has 3 aromatic rings. The fraction of sp³-hybridized carbons (Fsp3) is 0.238. The van der Waals surface area contributed by atoms with E-state index in [1.54, 1.807) is 13.3 Å². The summed E-state index contributed by atoms with van der Waals surface area (Å²) >= 11 is 0. The summed E-state index contributed by atoms with van der Waals surface area (Å²) in [5, 5.41) is 6.65. The van der Waals surface area contributed by atoms with Gasteiger partial charge in [0.05, 0.1) is 7.11 Å². The smallest absolute Gasteiger partial charge is 0.229 e. The summed E-state index contributed by atoms with van der Waals surface area (Å²) in [5.74, 6) is 2.27. The molecule has 1 aromatic heterocycles. The normalized spacial score (nSPS) is 10.4. The molecule has 0 unspecified atom stereocenters. The summed E-state index contributed by atoms with van der Waals surface area (Å²) in [7, 11) is 1.68. The monoisotopic (exact) mass is 348 g/mol. The van der Waals surface area contributed by atoms with Crippen molar-refractivity contribution >= 4 is 17.5 Å². The topological polar surface area (TPSA) is 59.1 Å². The zero-order valence-electron chi connectivity index (χ0n) is 15.4. The molecule has 0 saturated heterocycles. The molecule has 0 radical (unpaired) electrons. The van der Waals surface area contributed by atoms with Crippen LogP contribution in [0.4, 0.5) is 17.5 Å². The van der Waals surface area contributed by atoms with E-state index < -0.39 is 0 Å². The number of methoxy groups -OCH3 is 1. The van der Waals surface area contributed by atoms with Crippen LogP contribution in [0.5, 0.6) is 5.75 Å². The summed E-state index contributed by atoms with van der Waals surface area (Å²) in [5.41, 5.74) is 4.72. The molecule has 2 N–H and O–H groups in total. The highest BCUT2D eigenvalue weighted by atomic mass is 16.5. The van der Waals surface area contributed by atoms with Crippen LogP contribution in [0, 0.1) is 13.8 Å². The summed E-state index contributed by atoms with van der Waals surface area (Å²) in [6, 6.07) is 16.2. The molecule has 134 valence electrons. The third kappa shape index (κ3) is 4.51. The highest BCUT2D eigenvalue weighted by molar-refractivity contribution is 5.60. The number of anilines is 3. The number of rotatable bonds is 7. The zero-order chi connectivity index (χ0) is 18.4. The van der Waals surface area contributed by atoms with Gasteiger partial charge in [-0.3, -0.25) is 0 Å². The van der Waals surface area contributed by atoms with E-state index in [0.29, 0.717) is 5.95 Å². The quantitative estimate of drug-likeness (QED) is 0.658. The molecule has 0 atom stereocenters. The van der Waals surface area contributed by atoms with Gasteiger partial charge in [-0.25, -0.2) is 4.98 Å². The van der Waals surface area contributed by atoms with Gasteiger partial charge in [0.25, 0.3) is 0 Å². The van der Waals surface area contributed by atoms with Crippen molar-refractivity contribution in [2.24, 2.45) is 0 Å². The number of ether oxygens (including phenoxy) is 1. The molecule has 26 heavy (non-hydrogen) atoms. The Morgan fingerprint density at radius 1 is 1.00 bits per heavy atom. The molecule has 0 spiro atoms. The molecule has 2 aromatic carbocycles. The number of hydrogen-bond donors (Lipinski definition) is 2. The Labute approximate surface area is 154 Å². The molecule has 0 fully saturated rings. The standard InChI is InChI=1S/C21H24N4O/c1-15-5-4-6-19(16(15)2)24-21-23-14-12-20(25-21)22-13-11-17-7-9-18(26-3)10-8-17/h4-10,12,14H,11,13H2,1-3H3,(H2,22,23,24,25). The van der Waals surface area contributed by atoms with Gasteiger partial charge in [0.15, 0.2) is 0 Å². The summed E-state index contributed by atoms with van der Waals surface area (Å²) in [4.78, 5) is 8.86. The lowest BCUT2D eigenvalue weighted by molar-refractivity contribution is 0.414. The van der Waals surface area contributed by atoms with Crippen LogP contribution < -0.4 is 15.4 Å². The van der Waals surface area contributed by atoms with Gasteiger partial charge in [0.2, 0.25) is 5.95 Å². The number of nitrogens with zero attached hydrogens (tertiary/aromatic N) is 2. The minimum Gasteiger partial charge on any atom is -0.497 e. The van der Waals surface area contributed by atoms with Gasteiger partial charge in [-0.2, -0.15) is 4.98 Å². The van der Waals surface area contributed by atoms with Crippen molar-refractivity contribution in [3.63, 3.8) is 0 Å². The number of hydrogen-bond acceptors (Lipinski definition) is 5. The lowest BCUT2D eigenvalue weighted by Gasteiger charge is -2.11. The first-order chi connectivity index (χ1) is 12.7. The lowest BCUT2D eigenvalue weighted by Crippen LogP contribution is -2.08. The van der Waals surface area contributed by atoms with Gasteiger partial charge in [-0.05, 0) is 61.2 Å². The maximum absolute atomic E-state index is 5.18. The van der Waals surface area contributed by atoms with Crippen LogP contribution in [-0.2, 0) is 6.42 Å². The van der Waals surface area contributed by atoms with Crippen LogP contribution in [0.3, 0.4) is 0 Å². The van der Waals surface area contributed by atoms with Crippen LogP contribution in [0.25, 0.3) is 0 Å². The lowest BCUT2D eigenvalue weighted by atomic mass is 10.1. The molecule has 5 heteroatoms. The molecule has 5 nitrogen and oxygen atoms in total. The van der Waals surface area contributed by atoms with Crippen molar-refractivity contribution in [1.29, 1.82) is 0 Å². The van der Waals surface area contributed by atoms with Gasteiger partial charge in [0, 0.05) is 18.4 Å². The van der Waals surface area contributed by atoms with Crippen molar-refractivity contribution in [2.45, 2.75) is 20.3 Å². The summed E-state index contributed by atoms with van der Waals surface area (Å²) in [6.45, 7) is 4.99. The van der Waals surface area contributed by atoms with E-state index in [0.717, 1.165) is 30.2 Å². The van der Waals surface area contributed by atoms with Crippen LogP contribution in [0.1, 0.15) is 16.7 Å². The van der Waals surface area contributed by atoms with Gasteiger partial charge >= 0.3 is 0 Å². The number of benzene rings is 2. The van der Waals surface area contributed by atoms with Crippen molar-refractivity contribution < 1.29 is 4.74 Å². The Morgan fingerprint density at radius 2 is 1.81 bits per heavy atom. The Balaban J connectivity index is 1.59. The summed E-state index contributed by atoms with van der Waals surface area (Å²) < 4.78 is 5.18. The second-order valence-electron chi connectivity index (χ2n) is 6.16. The second-order valence-corrected chi connectivity index (χ2v) is 6.16. The predicted octanol–water partition coefficient (Wildman–Crippen LogP) is 4.50. The third-order valence-corrected chi connectivity index (χ3v) is 4.39. The minimum atomic E-state index is 0.591. The summed E-state index contributed by atoms with van der Waals surface area (Å²) in [6.07, 6.45) is 2.67. The van der Waals surface area contributed by atoms with Crippen LogP contribution in [0.15, 0.2) is 54.7 Å². The second kappa shape index (κ2) is 8.34. The highest BCUT2D eigenvalue weighted by Gasteiger charge is 2.04. The minimum absolute atomic E-state index is 0.591. The van der Waals surface area contributed by atoms with Crippen molar-refractivity contribution in [1.82, 2.24) is 9.97 Å². The fourth-order valence-electron chi connectivity index (χ4n) is 2.65. The molecule has 1 heterocycles. The van der Waals surface area contributed by atoms with E-state index >= 15 is 0 Å². The fourth-order valence-corrected chi connectivity index (χ4v) is 2.65. The van der Waals surface area contributed by atoms with Crippen molar-refractivity contribution in [3.8, 4) is 5.75 Å². The molecule has 0 bridgehead atoms. The Kier molecular flexibility index (Phi) is 5.69. The predicted molar refractivity (Wildman–Crippen MR) is 106 cm³/mol. The molecule has 0 aliphatic heterocycles. The third-order valence-electron chi connectivity index (χ3n) is 4.39. The molecule has 0 aliphatic rings. The maximum Gasteiger partial charge on any atom is 0.229 e. The van der Waals surface area contributed by atoms with Crippen LogP contribution in [-0.4, -0.2) is 23.6 Å². The molecule has 0 aliphatic carbocycles. The first kappa shape index (κ1) is 17.7. The van der Waals surface area contributed by atoms with Gasteiger partial charge in [-0.15, -0.1) is 0 Å². The zero-order valence-corrected chi connectivity index (χ0v) is 15.4. The van der Waals surface area contributed by atoms with E-state index in [1.165, 1.54) is 16.7 Å². The number of nitrogens with one attached hydrogen (secondary N) is 2. The molecule has 3 rings (SSSR count). The Bertz CT molecular complexity index is 862. The van der Waals surface area contributed by atoms with Crippen LogP contribution in [0.2, 0.25) is 0 Å². The first-order valence-corrected chi connectivity index (χ1v) is 8.69. The average molecular weight is 348 g/mol.